The third kappa shape index (κ3) is 16.9. The van der Waals surface area contributed by atoms with Gasteiger partial charge in [-0.2, -0.15) is 5.10 Å². The third-order valence-electron chi connectivity index (χ3n) is 5.50. The van der Waals surface area contributed by atoms with Gasteiger partial charge in [-0.1, -0.05) is 84.5 Å². The zero-order valence-electron chi connectivity index (χ0n) is 20.9. The molecule has 2 amide bonds. The normalized spacial score (nSPS) is 11.0. The monoisotopic (exact) mass is 459 g/mol. The summed E-state index contributed by atoms with van der Waals surface area (Å²) in [6, 6.07) is 7.53. The summed E-state index contributed by atoms with van der Waals surface area (Å²) in [6.45, 7) is 5.03. The molecule has 2 N–H and O–H groups in total. The van der Waals surface area contributed by atoms with Crippen LogP contribution in [-0.4, -0.2) is 31.2 Å². The Morgan fingerprint density at radius 1 is 0.788 bits per heavy atom. The van der Waals surface area contributed by atoms with Crippen LogP contribution in [0, 0.1) is 0 Å². The van der Waals surface area contributed by atoms with Gasteiger partial charge in [0.1, 0.15) is 5.75 Å². The summed E-state index contributed by atoms with van der Waals surface area (Å²) >= 11 is 0. The number of amides is 2. The van der Waals surface area contributed by atoms with Crippen LogP contribution in [-0.2, 0) is 9.59 Å². The van der Waals surface area contributed by atoms with E-state index < -0.39 is 0 Å². The van der Waals surface area contributed by atoms with Crippen molar-refractivity contribution in [3.05, 3.63) is 29.8 Å². The number of rotatable bonds is 20. The highest BCUT2D eigenvalue weighted by atomic mass is 16.5. The molecule has 186 valence electrons. The number of hydrazone groups is 1. The van der Waals surface area contributed by atoms with Crippen LogP contribution < -0.4 is 15.5 Å². The average Bonchev–Trinajstić information content (AvgIpc) is 2.82. The topological polar surface area (TPSA) is 79.8 Å². The molecule has 0 unspecified atom stereocenters. The Labute approximate surface area is 200 Å². The van der Waals surface area contributed by atoms with Crippen LogP contribution in [0.5, 0.6) is 5.75 Å². The molecule has 0 saturated heterocycles. The maximum absolute atomic E-state index is 11.9. The predicted octanol–water partition coefficient (Wildman–Crippen LogP) is 6.13. The molecule has 0 aromatic heterocycles. The molecule has 1 aromatic carbocycles. The summed E-state index contributed by atoms with van der Waals surface area (Å²) in [7, 11) is 0. The molecule has 0 heterocycles. The fourth-order valence-electron chi connectivity index (χ4n) is 3.42. The number of nitrogens with one attached hydrogen (secondary N) is 2. The van der Waals surface area contributed by atoms with Crippen LogP contribution in [0.2, 0.25) is 0 Å². The van der Waals surface area contributed by atoms with Gasteiger partial charge in [-0.3, -0.25) is 9.59 Å². The van der Waals surface area contributed by atoms with Crippen LogP contribution in [0.4, 0.5) is 0 Å². The summed E-state index contributed by atoms with van der Waals surface area (Å²) in [5.41, 5.74) is 3.30. The first kappa shape index (κ1) is 28.7. The molecule has 0 saturated carbocycles. The number of ether oxygens (including phenoxy) is 1. The van der Waals surface area contributed by atoms with Gasteiger partial charge in [0.25, 0.3) is 5.91 Å². The van der Waals surface area contributed by atoms with Crippen molar-refractivity contribution in [3.63, 3.8) is 0 Å². The lowest BCUT2D eigenvalue weighted by atomic mass is 10.1. The van der Waals surface area contributed by atoms with Crippen LogP contribution in [0.15, 0.2) is 29.4 Å². The zero-order valence-corrected chi connectivity index (χ0v) is 20.9. The quantitative estimate of drug-likeness (QED) is 0.140. The van der Waals surface area contributed by atoms with Crippen molar-refractivity contribution in [2.24, 2.45) is 5.10 Å². The van der Waals surface area contributed by atoms with Gasteiger partial charge in [0, 0.05) is 6.42 Å². The Morgan fingerprint density at radius 2 is 1.36 bits per heavy atom. The van der Waals surface area contributed by atoms with Gasteiger partial charge in [-0.25, -0.2) is 5.43 Å². The van der Waals surface area contributed by atoms with Gasteiger partial charge in [0.05, 0.1) is 19.4 Å². The molecule has 0 bridgehead atoms. The molecule has 6 nitrogen and oxygen atoms in total. The summed E-state index contributed by atoms with van der Waals surface area (Å²) in [5, 5.41) is 6.60. The smallest absolute Gasteiger partial charge is 0.259 e. The lowest BCUT2D eigenvalue weighted by Crippen LogP contribution is -2.34. The van der Waals surface area contributed by atoms with Crippen LogP contribution in [0.25, 0.3) is 0 Å². The molecule has 0 aliphatic heterocycles. The first-order chi connectivity index (χ1) is 16.2. The van der Waals surface area contributed by atoms with Crippen molar-refractivity contribution >= 4 is 18.0 Å². The van der Waals surface area contributed by atoms with E-state index in [0.29, 0.717) is 13.0 Å². The summed E-state index contributed by atoms with van der Waals surface area (Å²) in [4.78, 5) is 23.7. The summed E-state index contributed by atoms with van der Waals surface area (Å²) in [5.74, 6) is 0.409. The lowest BCUT2D eigenvalue weighted by molar-refractivity contribution is -0.126. The van der Waals surface area contributed by atoms with Crippen LogP contribution >= 0.6 is 0 Å². The molecule has 0 fully saturated rings. The minimum Gasteiger partial charge on any atom is -0.494 e. The molecule has 0 aliphatic rings. The number of hydrogen-bond acceptors (Lipinski definition) is 4. The molecule has 0 aliphatic carbocycles. The van der Waals surface area contributed by atoms with Crippen molar-refractivity contribution in [2.75, 3.05) is 13.2 Å². The number of carbonyl (C=O) groups excluding carboxylic acids is 2. The highest BCUT2D eigenvalue weighted by molar-refractivity contribution is 5.86. The van der Waals surface area contributed by atoms with Gasteiger partial charge in [-0.05, 0) is 42.7 Å². The SMILES string of the molecule is CCCCCCCCCCCCCC(=O)NCC(=O)N/N=C/c1ccc(OCCCC)cc1. The van der Waals surface area contributed by atoms with E-state index in [1.807, 2.05) is 24.3 Å². The van der Waals surface area contributed by atoms with E-state index in [4.69, 9.17) is 4.74 Å². The fourth-order valence-corrected chi connectivity index (χ4v) is 3.42. The standard InChI is InChI=1S/C27H45N3O3/c1-3-5-7-8-9-10-11-12-13-14-15-16-26(31)28-23-27(32)30-29-22-24-17-19-25(20-18-24)33-21-6-4-2/h17-20,22H,3-16,21,23H2,1-2H3,(H,28,31)(H,30,32)/b29-22+. The highest BCUT2D eigenvalue weighted by Gasteiger charge is 2.04. The van der Waals surface area contributed by atoms with E-state index in [-0.39, 0.29) is 18.4 Å². The minimum atomic E-state index is -0.335. The van der Waals surface area contributed by atoms with Crippen LogP contribution in [0.3, 0.4) is 0 Å². The van der Waals surface area contributed by atoms with Gasteiger partial charge in [0.15, 0.2) is 0 Å². The second-order valence-corrected chi connectivity index (χ2v) is 8.63. The Bertz CT molecular complexity index is 659. The molecule has 0 spiro atoms. The first-order valence-corrected chi connectivity index (χ1v) is 13.0. The van der Waals surface area contributed by atoms with Crippen molar-refractivity contribution in [1.82, 2.24) is 10.7 Å². The Kier molecular flexibility index (Phi) is 17.6. The minimum absolute atomic E-state index is 0.0571. The van der Waals surface area contributed by atoms with Crippen molar-refractivity contribution in [1.29, 1.82) is 0 Å². The second-order valence-electron chi connectivity index (χ2n) is 8.63. The van der Waals surface area contributed by atoms with E-state index in [0.717, 1.165) is 37.0 Å². The first-order valence-electron chi connectivity index (χ1n) is 13.0. The fraction of sp³-hybridized carbons (Fsp3) is 0.667. The van der Waals surface area contributed by atoms with E-state index >= 15 is 0 Å². The van der Waals surface area contributed by atoms with Gasteiger partial charge in [-0.15, -0.1) is 0 Å². The molecule has 1 rings (SSSR count). The Balaban J connectivity index is 2.02. The molecular weight excluding hydrogens is 414 g/mol. The van der Waals surface area contributed by atoms with Crippen molar-refractivity contribution in [3.8, 4) is 5.75 Å². The number of carbonyl (C=O) groups is 2. The largest absolute Gasteiger partial charge is 0.494 e. The van der Waals surface area contributed by atoms with Gasteiger partial charge in [0.2, 0.25) is 5.91 Å². The van der Waals surface area contributed by atoms with E-state index in [1.165, 1.54) is 57.8 Å². The number of benzene rings is 1. The average molecular weight is 460 g/mol. The molecule has 1 aromatic rings. The maximum Gasteiger partial charge on any atom is 0.259 e. The Morgan fingerprint density at radius 3 is 1.97 bits per heavy atom. The predicted molar refractivity (Wildman–Crippen MR) is 137 cm³/mol. The number of unbranched alkanes of at least 4 members (excludes halogenated alkanes) is 11. The molecule has 0 radical (unpaired) electrons. The number of hydrogen-bond donors (Lipinski definition) is 2. The highest BCUT2D eigenvalue weighted by Crippen LogP contribution is 2.12. The third-order valence-corrected chi connectivity index (χ3v) is 5.50. The zero-order chi connectivity index (χ0) is 24.0. The molecule has 0 atom stereocenters. The molecular formula is C27H45N3O3. The van der Waals surface area contributed by atoms with Crippen molar-refractivity contribution in [2.45, 2.75) is 104 Å². The van der Waals surface area contributed by atoms with E-state index in [2.05, 4.69) is 29.7 Å². The molecule has 33 heavy (non-hydrogen) atoms. The second kappa shape index (κ2) is 20.3. The lowest BCUT2D eigenvalue weighted by Gasteiger charge is -2.05. The van der Waals surface area contributed by atoms with Gasteiger partial charge >= 0.3 is 0 Å². The maximum atomic E-state index is 11.9. The van der Waals surface area contributed by atoms with Crippen molar-refractivity contribution < 1.29 is 14.3 Å². The van der Waals surface area contributed by atoms with E-state index in [9.17, 15) is 9.59 Å². The molecule has 6 heteroatoms. The number of nitrogens with zero attached hydrogens (tertiary/aromatic N) is 1. The van der Waals surface area contributed by atoms with Crippen LogP contribution in [0.1, 0.15) is 109 Å². The van der Waals surface area contributed by atoms with Gasteiger partial charge < -0.3 is 10.1 Å². The summed E-state index contributed by atoms with van der Waals surface area (Å²) < 4.78 is 5.62. The summed E-state index contributed by atoms with van der Waals surface area (Å²) in [6.07, 6.45) is 18.0. The van der Waals surface area contributed by atoms with E-state index in [1.54, 1.807) is 6.21 Å². The Hall–Kier alpha value is -2.37.